The van der Waals surface area contributed by atoms with E-state index in [0.29, 0.717) is 54.2 Å². The van der Waals surface area contributed by atoms with Gasteiger partial charge in [0.15, 0.2) is 0 Å². The molecule has 1 spiro atoms. The van der Waals surface area contributed by atoms with Crippen LogP contribution in [0.5, 0.6) is 0 Å². The summed E-state index contributed by atoms with van der Waals surface area (Å²) in [6.45, 7) is 8.71. The van der Waals surface area contributed by atoms with Gasteiger partial charge in [-0.1, -0.05) is 19.1 Å². The maximum Gasteiger partial charge on any atom is 0.340 e. The lowest BCUT2D eigenvalue weighted by Gasteiger charge is -2.70. The van der Waals surface area contributed by atoms with E-state index in [1.165, 1.54) is 6.92 Å². The summed E-state index contributed by atoms with van der Waals surface area (Å²) in [7, 11) is 5.64. The number of benzene rings is 1. The van der Waals surface area contributed by atoms with E-state index in [0.717, 1.165) is 45.2 Å². The summed E-state index contributed by atoms with van der Waals surface area (Å²) in [5.74, 6) is 1.04. The van der Waals surface area contributed by atoms with Crippen molar-refractivity contribution in [1.82, 2.24) is 4.90 Å². The summed E-state index contributed by atoms with van der Waals surface area (Å²) in [6.07, 6.45) is 5.22. The van der Waals surface area contributed by atoms with Crippen molar-refractivity contribution >= 4 is 17.6 Å². The van der Waals surface area contributed by atoms with Gasteiger partial charge < -0.3 is 29.0 Å². The molecule has 44 heavy (non-hydrogen) atoms. The second-order valence-electron chi connectivity index (χ2n) is 14.4. The van der Waals surface area contributed by atoms with E-state index in [1.807, 2.05) is 33.5 Å². The zero-order valence-electron chi connectivity index (χ0n) is 27.2. The van der Waals surface area contributed by atoms with Crippen LogP contribution in [0.4, 0.5) is 5.69 Å². The number of para-hydroxylation sites is 1. The summed E-state index contributed by atoms with van der Waals surface area (Å²) in [4.78, 5) is 28.2. The third-order valence-corrected chi connectivity index (χ3v) is 13.3. The van der Waals surface area contributed by atoms with Crippen molar-refractivity contribution in [2.75, 3.05) is 52.9 Å². The van der Waals surface area contributed by atoms with Crippen LogP contribution in [0, 0.1) is 40.4 Å². The van der Waals surface area contributed by atoms with Gasteiger partial charge in [-0.3, -0.25) is 9.69 Å². The Hall–Kier alpha value is -2.04. The van der Waals surface area contributed by atoms with Crippen molar-refractivity contribution in [1.29, 1.82) is 0 Å². The van der Waals surface area contributed by atoms with Gasteiger partial charge in [-0.05, 0) is 63.1 Å². The number of piperidine rings is 1. The molecule has 1 heterocycles. The van der Waals surface area contributed by atoms with E-state index in [9.17, 15) is 9.59 Å². The molecular formula is C35H50N2O7. The second-order valence-corrected chi connectivity index (χ2v) is 14.4. The van der Waals surface area contributed by atoms with E-state index in [2.05, 4.69) is 24.1 Å². The first kappa shape index (κ1) is 30.6. The predicted octanol–water partition coefficient (Wildman–Crippen LogP) is 4.40. The molecule has 6 aliphatic rings. The number of esters is 1. The average Bonchev–Trinajstić information content (AvgIpc) is 3.48. The van der Waals surface area contributed by atoms with Crippen LogP contribution < -0.4 is 5.32 Å². The summed E-state index contributed by atoms with van der Waals surface area (Å²) < 4.78 is 32.6. The maximum absolute atomic E-state index is 13.7. The lowest BCUT2D eigenvalue weighted by atomic mass is 9.43. The minimum absolute atomic E-state index is 0.0775. The summed E-state index contributed by atoms with van der Waals surface area (Å²) in [5, 5.41) is 2.79. The van der Waals surface area contributed by atoms with Gasteiger partial charge in [-0.15, -0.1) is 0 Å². The van der Waals surface area contributed by atoms with E-state index >= 15 is 0 Å². The minimum atomic E-state index is -0.385. The van der Waals surface area contributed by atoms with Gasteiger partial charge in [0, 0.05) is 82.5 Å². The quantitative estimate of drug-likeness (QED) is 0.390. The Morgan fingerprint density at radius 1 is 1.05 bits per heavy atom. The Bertz CT molecular complexity index is 1290. The number of nitrogens with zero attached hydrogens (tertiary/aromatic N) is 1. The highest BCUT2D eigenvalue weighted by Gasteiger charge is 2.84. The highest BCUT2D eigenvalue weighted by atomic mass is 16.5. The lowest BCUT2D eigenvalue weighted by Crippen LogP contribution is -2.76. The number of nitrogens with one attached hydrogen (secondary N) is 1. The number of likely N-dealkylation sites (tertiary alicyclic amines) is 1. The van der Waals surface area contributed by atoms with E-state index in [-0.39, 0.29) is 52.5 Å². The fourth-order valence-electron chi connectivity index (χ4n) is 12.4. The Kier molecular flexibility index (Phi) is 7.68. The van der Waals surface area contributed by atoms with Crippen LogP contribution in [0.3, 0.4) is 0 Å². The predicted molar refractivity (Wildman–Crippen MR) is 164 cm³/mol. The van der Waals surface area contributed by atoms with Crippen LogP contribution in [0.25, 0.3) is 0 Å². The van der Waals surface area contributed by atoms with Crippen molar-refractivity contribution in [3.63, 3.8) is 0 Å². The van der Waals surface area contributed by atoms with Gasteiger partial charge in [0.2, 0.25) is 5.91 Å². The molecule has 1 saturated heterocycles. The molecule has 1 amide bonds. The molecule has 0 radical (unpaired) electrons. The first-order valence-electron chi connectivity index (χ1n) is 16.8. The smallest absolute Gasteiger partial charge is 0.340 e. The number of amides is 1. The Morgan fingerprint density at radius 2 is 1.84 bits per heavy atom. The zero-order valence-corrected chi connectivity index (χ0v) is 27.2. The van der Waals surface area contributed by atoms with Gasteiger partial charge in [-0.2, -0.15) is 0 Å². The standard InChI is InChI=1S/C35H50N2O7/c1-7-37-18-33(19-43-32(39)21-11-9-10-12-25(21)36-20(3)38)14-13-28(41-5)35-23-15-22-26(40-4)17-34(44-8-2,29(23)30(22)42-6)24(31(35)37)16-27(33)35/h9-12,22-24,26-31H,7-8,13-19H2,1-6H3,(H,36,38)/t22-,23-,24+,26-,27-,28+,29-,30-,31-,33+,34+,35-/m1/s1. The Balaban J connectivity index is 1.31. The molecule has 5 saturated carbocycles. The third kappa shape index (κ3) is 3.88. The number of methoxy groups -OCH3 is 3. The fourth-order valence-corrected chi connectivity index (χ4v) is 12.4. The Labute approximate surface area is 261 Å². The van der Waals surface area contributed by atoms with Crippen molar-refractivity contribution in [2.45, 2.75) is 82.8 Å². The van der Waals surface area contributed by atoms with Crippen LogP contribution in [0.1, 0.15) is 63.2 Å². The molecule has 6 fully saturated rings. The number of ether oxygens (including phenoxy) is 5. The van der Waals surface area contributed by atoms with E-state index in [1.54, 1.807) is 12.1 Å². The highest BCUT2D eigenvalue weighted by Crippen LogP contribution is 2.79. The molecule has 0 unspecified atom stereocenters. The largest absolute Gasteiger partial charge is 0.461 e. The topological polar surface area (TPSA) is 95.6 Å². The first-order chi connectivity index (χ1) is 21.3. The first-order valence-corrected chi connectivity index (χ1v) is 16.8. The zero-order chi connectivity index (χ0) is 31.0. The molecule has 1 aliphatic heterocycles. The SMILES string of the molecule is CCO[C@]12C[C@@H](OC)[C@H]3C[C@H]([C@@H]1[C@@H]3OC)[C@@]13[C@@H](OC)CC[C@@]4(COC(=O)c5ccccc5NC(C)=O)CN(CC)[C@@H]1[C@@H]2C[C@H]43. The van der Waals surface area contributed by atoms with Gasteiger partial charge >= 0.3 is 5.97 Å². The van der Waals surface area contributed by atoms with Gasteiger partial charge in [0.25, 0.3) is 0 Å². The van der Waals surface area contributed by atoms with Gasteiger partial charge in [0.05, 0.1) is 41.8 Å². The Morgan fingerprint density at radius 3 is 2.52 bits per heavy atom. The van der Waals surface area contributed by atoms with Gasteiger partial charge in [0.1, 0.15) is 0 Å². The van der Waals surface area contributed by atoms with E-state index in [4.69, 9.17) is 23.7 Å². The van der Waals surface area contributed by atoms with Gasteiger partial charge in [-0.25, -0.2) is 4.79 Å². The number of fused-ring (bicyclic) bond motifs is 2. The van der Waals surface area contributed by atoms with Crippen molar-refractivity contribution in [3.05, 3.63) is 29.8 Å². The van der Waals surface area contributed by atoms with Crippen LogP contribution in [0.15, 0.2) is 24.3 Å². The maximum atomic E-state index is 13.7. The number of anilines is 1. The van der Waals surface area contributed by atoms with Crippen LogP contribution >= 0.6 is 0 Å². The molecule has 12 atom stereocenters. The minimum Gasteiger partial charge on any atom is -0.461 e. The molecule has 9 nitrogen and oxygen atoms in total. The van der Waals surface area contributed by atoms with Crippen molar-refractivity contribution in [2.24, 2.45) is 40.4 Å². The summed E-state index contributed by atoms with van der Waals surface area (Å²) >= 11 is 0. The summed E-state index contributed by atoms with van der Waals surface area (Å²) in [6, 6.07) is 7.45. The normalized spacial score (nSPS) is 44.8. The fraction of sp³-hybridized carbons (Fsp3) is 0.771. The molecule has 7 rings (SSSR count). The van der Waals surface area contributed by atoms with Crippen LogP contribution in [0.2, 0.25) is 0 Å². The number of hydrogen-bond acceptors (Lipinski definition) is 8. The molecule has 9 heteroatoms. The van der Waals surface area contributed by atoms with Crippen molar-refractivity contribution < 1.29 is 33.3 Å². The second kappa shape index (κ2) is 11.0. The van der Waals surface area contributed by atoms with Crippen LogP contribution in [-0.4, -0.2) is 94.4 Å². The molecule has 1 aromatic rings. The lowest BCUT2D eigenvalue weighted by molar-refractivity contribution is -0.286. The number of rotatable bonds is 10. The molecular weight excluding hydrogens is 560 g/mol. The molecule has 0 aromatic heterocycles. The number of carbonyl (C=O) groups excluding carboxylic acids is 2. The number of hydrogen-bond donors (Lipinski definition) is 1. The van der Waals surface area contributed by atoms with Crippen molar-refractivity contribution in [3.8, 4) is 0 Å². The van der Waals surface area contributed by atoms with Crippen LogP contribution in [-0.2, 0) is 28.5 Å². The molecule has 242 valence electrons. The van der Waals surface area contributed by atoms with E-state index < -0.39 is 0 Å². The average molecular weight is 611 g/mol. The number of carbonyl (C=O) groups is 2. The molecule has 7 bridgehead atoms. The molecule has 1 N–H and O–H groups in total. The molecule has 5 aliphatic carbocycles. The molecule has 1 aromatic carbocycles. The summed E-state index contributed by atoms with van der Waals surface area (Å²) in [5.41, 5.74) is 0.285. The monoisotopic (exact) mass is 610 g/mol. The third-order valence-electron chi connectivity index (χ3n) is 13.3. The highest BCUT2D eigenvalue weighted by molar-refractivity contribution is 6.00.